The van der Waals surface area contributed by atoms with Crippen molar-refractivity contribution in [2.75, 3.05) is 11.9 Å². The predicted octanol–water partition coefficient (Wildman–Crippen LogP) is 2.34. The van der Waals surface area contributed by atoms with Crippen LogP contribution in [0.25, 0.3) is 0 Å². The van der Waals surface area contributed by atoms with E-state index in [1.54, 1.807) is 0 Å². The molecule has 0 atom stereocenters. The van der Waals surface area contributed by atoms with Crippen LogP contribution in [-0.4, -0.2) is 23.7 Å². The highest BCUT2D eigenvalue weighted by atomic mass is 19.1. The molecular weight excluding hydrogens is 270 g/mol. The van der Waals surface area contributed by atoms with Crippen LogP contribution in [0.3, 0.4) is 0 Å². The quantitative estimate of drug-likeness (QED) is 0.794. The first-order valence-corrected chi connectivity index (χ1v) is 6.16. The molecule has 0 radical (unpaired) electrons. The molecular formula is C13H14F2N2O3. The first-order valence-electron chi connectivity index (χ1n) is 6.16. The Morgan fingerprint density at radius 1 is 1.20 bits per heavy atom. The van der Waals surface area contributed by atoms with Gasteiger partial charge in [-0.05, 0) is 25.0 Å². The third-order valence-corrected chi connectivity index (χ3v) is 3.47. The lowest BCUT2D eigenvalue weighted by atomic mass is 9.69. The molecule has 1 aliphatic carbocycles. The zero-order valence-corrected chi connectivity index (χ0v) is 10.6. The number of rotatable bonds is 4. The SMILES string of the molecule is O=C(NCC1(C(=O)O)CCC1)Nc1cc(F)cc(F)c1. The number of hydrogen-bond acceptors (Lipinski definition) is 2. The van der Waals surface area contributed by atoms with Gasteiger partial charge in [-0.1, -0.05) is 6.42 Å². The first-order chi connectivity index (χ1) is 9.41. The van der Waals surface area contributed by atoms with E-state index in [9.17, 15) is 18.4 Å². The average molecular weight is 284 g/mol. The van der Waals surface area contributed by atoms with Crippen LogP contribution < -0.4 is 10.6 Å². The van der Waals surface area contributed by atoms with Crippen molar-refractivity contribution >= 4 is 17.7 Å². The third-order valence-electron chi connectivity index (χ3n) is 3.47. The Morgan fingerprint density at radius 2 is 1.80 bits per heavy atom. The Kier molecular flexibility index (Phi) is 3.87. The molecule has 2 amide bonds. The number of aliphatic carboxylic acids is 1. The van der Waals surface area contributed by atoms with Crippen LogP contribution in [0.2, 0.25) is 0 Å². The number of urea groups is 1. The van der Waals surface area contributed by atoms with E-state index in [0.29, 0.717) is 18.9 Å². The lowest BCUT2D eigenvalue weighted by molar-refractivity contribution is -0.153. The van der Waals surface area contributed by atoms with Crippen LogP contribution in [0.4, 0.5) is 19.3 Å². The number of carbonyl (C=O) groups excluding carboxylic acids is 1. The molecule has 0 saturated heterocycles. The standard InChI is InChI=1S/C13H14F2N2O3/c14-8-4-9(15)6-10(5-8)17-12(20)16-7-13(11(18)19)2-1-3-13/h4-6H,1-3,7H2,(H,18,19)(H2,16,17,20). The van der Waals surface area contributed by atoms with E-state index in [2.05, 4.69) is 10.6 Å². The molecule has 2 rings (SSSR count). The van der Waals surface area contributed by atoms with E-state index in [0.717, 1.165) is 18.6 Å². The lowest BCUT2D eigenvalue weighted by Gasteiger charge is -2.37. The Balaban J connectivity index is 1.91. The molecule has 0 bridgehead atoms. The summed E-state index contributed by atoms with van der Waals surface area (Å²) in [7, 11) is 0. The molecule has 0 aliphatic heterocycles. The number of halogens is 2. The minimum Gasteiger partial charge on any atom is -0.481 e. The van der Waals surface area contributed by atoms with Gasteiger partial charge in [0.1, 0.15) is 11.6 Å². The molecule has 0 heterocycles. The van der Waals surface area contributed by atoms with Crippen molar-refractivity contribution in [3.8, 4) is 0 Å². The molecule has 5 nitrogen and oxygen atoms in total. The molecule has 0 unspecified atom stereocenters. The highest BCUT2D eigenvalue weighted by Crippen LogP contribution is 2.40. The molecule has 1 aromatic carbocycles. The summed E-state index contributed by atoms with van der Waals surface area (Å²) >= 11 is 0. The summed E-state index contributed by atoms with van der Waals surface area (Å²) in [6.45, 7) is -0.00797. The average Bonchev–Trinajstić information content (AvgIpc) is 2.25. The third kappa shape index (κ3) is 3.04. The van der Waals surface area contributed by atoms with Gasteiger partial charge in [-0.2, -0.15) is 0 Å². The van der Waals surface area contributed by atoms with Gasteiger partial charge >= 0.3 is 12.0 Å². The van der Waals surface area contributed by atoms with E-state index < -0.39 is 29.0 Å². The maximum absolute atomic E-state index is 12.9. The summed E-state index contributed by atoms with van der Waals surface area (Å²) in [5.41, 5.74) is -0.942. The fraction of sp³-hybridized carbons (Fsp3) is 0.385. The maximum atomic E-state index is 12.9. The summed E-state index contributed by atoms with van der Waals surface area (Å²) in [6.07, 6.45) is 1.83. The van der Waals surface area contributed by atoms with Crippen molar-refractivity contribution in [3.05, 3.63) is 29.8 Å². The first kappa shape index (κ1) is 14.2. The van der Waals surface area contributed by atoms with Gasteiger partial charge in [0, 0.05) is 18.3 Å². The Labute approximate surface area is 114 Å². The molecule has 7 heteroatoms. The smallest absolute Gasteiger partial charge is 0.319 e. The minimum absolute atomic E-state index is 0.00797. The van der Waals surface area contributed by atoms with Gasteiger partial charge in [0.15, 0.2) is 0 Å². The largest absolute Gasteiger partial charge is 0.481 e. The van der Waals surface area contributed by atoms with E-state index in [1.807, 2.05) is 0 Å². The highest BCUT2D eigenvalue weighted by molar-refractivity contribution is 5.89. The number of benzene rings is 1. The number of carbonyl (C=O) groups is 2. The second-order valence-electron chi connectivity index (χ2n) is 4.90. The van der Waals surface area contributed by atoms with Crippen LogP contribution in [0.1, 0.15) is 19.3 Å². The van der Waals surface area contributed by atoms with Crippen molar-refractivity contribution in [2.24, 2.45) is 5.41 Å². The van der Waals surface area contributed by atoms with Crippen molar-refractivity contribution in [2.45, 2.75) is 19.3 Å². The second-order valence-corrected chi connectivity index (χ2v) is 4.90. The predicted molar refractivity (Wildman–Crippen MR) is 67.3 cm³/mol. The second kappa shape index (κ2) is 5.44. The fourth-order valence-corrected chi connectivity index (χ4v) is 2.12. The zero-order valence-electron chi connectivity index (χ0n) is 10.6. The Morgan fingerprint density at radius 3 is 2.25 bits per heavy atom. The highest BCUT2D eigenvalue weighted by Gasteiger charge is 2.44. The van der Waals surface area contributed by atoms with Crippen molar-refractivity contribution in [1.82, 2.24) is 5.32 Å². The van der Waals surface area contributed by atoms with E-state index in [1.165, 1.54) is 0 Å². The number of nitrogens with one attached hydrogen (secondary N) is 2. The van der Waals surface area contributed by atoms with Gasteiger partial charge in [-0.25, -0.2) is 13.6 Å². The topological polar surface area (TPSA) is 78.4 Å². The van der Waals surface area contributed by atoms with Crippen molar-refractivity contribution in [1.29, 1.82) is 0 Å². The van der Waals surface area contributed by atoms with Crippen LogP contribution >= 0.6 is 0 Å². The molecule has 1 aromatic rings. The van der Waals surface area contributed by atoms with E-state index in [-0.39, 0.29) is 12.2 Å². The number of carboxylic acid groups (broad SMARTS) is 1. The van der Waals surface area contributed by atoms with Gasteiger partial charge in [0.05, 0.1) is 5.41 Å². The van der Waals surface area contributed by atoms with Gasteiger partial charge in [-0.3, -0.25) is 4.79 Å². The molecule has 0 spiro atoms. The number of anilines is 1. The summed E-state index contributed by atoms with van der Waals surface area (Å²) in [5, 5.41) is 13.8. The summed E-state index contributed by atoms with van der Waals surface area (Å²) in [4.78, 5) is 22.7. The minimum atomic E-state index is -0.944. The Bertz CT molecular complexity index is 524. The molecule has 108 valence electrons. The molecule has 0 aromatic heterocycles. The number of amides is 2. The molecule has 1 fully saturated rings. The normalized spacial score (nSPS) is 16.1. The fourth-order valence-electron chi connectivity index (χ4n) is 2.12. The van der Waals surface area contributed by atoms with Gasteiger partial charge in [0.25, 0.3) is 0 Å². The van der Waals surface area contributed by atoms with Gasteiger partial charge in [0.2, 0.25) is 0 Å². The lowest BCUT2D eigenvalue weighted by Crippen LogP contribution is -2.48. The van der Waals surface area contributed by atoms with Crippen molar-refractivity contribution in [3.63, 3.8) is 0 Å². The van der Waals surface area contributed by atoms with E-state index in [4.69, 9.17) is 5.11 Å². The summed E-state index contributed by atoms with van der Waals surface area (Å²) in [6, 6.07) is 1.94. The molecule has 20 heavy (non-hydrogen) atoms. The summed E-state index contributed by atoms with van der Waals surface area (Å²) < 4.78 is 25.9. The monoisotopic (exact) mass is 284 g/mol. The van der Waals surface area contributed by atoms with Crippen LogP contribution in [0, 0.1) is 17.0 Å². The number of hydrogen-bond donors (Lipinski definition) is 3. The van der Waals surface area contributed by atoms with Gasteiger partial charge in [-0.15, -0.1) is 0 Å². The van der Waals surface area contributed by atoms with Crippen LogP contribution in [-0.2, 0) is 4.79 Å². The summed E-state index contributed by atoms with van der Waals surface area (Å²) in [5.74, 6) is -2.55. The van der Waals surface area contributed by atoms with Crippen LogP contribution in [0.5, 0.6) is 0 Å². The molecule has 3 N–H and O–H groups in total. The van der Waals surface area contributed by atoms with E-state index >= 15 is 0 Å². The van der Waals surface area contributed by atoms with Gasteiger partial charge < -0.3 is 15.7 Å². The van der Waals surface area contributed by atoms with Crippen LogP contribution in [0.15, 0.2) is 18.2 Å². The Hall–Kier alpha value is -2.18. The number of carboxylic acids is 1. The maximum Gasteiger partial charge on any atom is 0.319 e. The molecule has 1 aliphatic rings. The van der Waals surface area contributed by atoms with Crippen molar-refractivity contribution < 1.29 is 23.5 Å². The zero-order chi connectivity index (χ0) is 14.8. The molecule has 1 saturated carbocycles.